The molecule has 0 bridgehead atoms. The second kappa shape index (κ2) is 2.49. The first-order valence-corrected chi connectivity index (χ1v) is 2.75. The monoisotopic (exact) mass is 134 g/mol. The number of halogens is 1. The Labute approximate surface area is 58.7 Å². The highest BCUT2D eigenvalue weighted by molar-refractivity contribution is 5.34. The van der Waals surface area contributed by atoms with Crippen LogP contribution < -0.4 is 0 Å². The third-order valence-corrected chi connectivity index (χ3v) is 1.15. The molecule has 1 aromatic rings. The molecule has 1 rings (SSSR count). The number of hydrogen-bond acceptors (Lipinski definition) is 1. The average molecular weight is 134 g/mol. The summed E-state index contributed by atoms with van der Waals surface area (Å²) in [5.41, 5.74) is 0.643. The van der Waals surface area contributed by atoms with Crippen LogP contribution in [0.4, 0.5) is 4.39 Å². The van der Waals surface area contributed by atoms with Crippen LogP contribution >= 0.6 is 0 Å². The summed E-state index contributed by atoms with van der Waals surface area (Å²) < 4.78 is 12.6. The van der Waals surface area contributed by atoms with Gasteiger partial charge < -0.3 is 0 Å². The van der Waals surface area contributed by atoms with E-state index < -0.39 is 5.82 Å². The van der Waals surface area contributed by atoms with E-state index in [-0.39, 0.29) is 5.56 Å². The SMILES string of the molecule is [CH2]c1ccc(C#N)c(F)c1. The summed E-state index contributed by atoms with van der Waals surface area (Å²) in [7, 11) is 0. The first-order chi connectivity index (χ1) is 4.74. The number of rotatable bonds is 0. The van der Waals surface area contributed by atoms with Gasteiger partial charge in [-0.05, 0) is 24.6 Å². The second-order valence-corrected chi connectivity index (χ2v) is 1.93. The van der Waals surface area contributed by atoms with Gasteiger partial charge in [-0.3, -0.25) is 0 Å². The summed E-state index contributed by atoms with van der Waals surface area (Å²) in [5, 5.41) is 8.30. The van der Waals surface area contributed by atoms with Gasteiger partial charge in [0, 0.05) is 0 Å². The van der Waals surface area contributed by atoms with Gasteiger partial charge in [0.05, 0.1) is 5.56 Å². The normalized spacial score (nSPS) is 8.90. The molecule has 0 saturated carbocycles. The summed E-state index contributed by atoms with van der Waals surface area (Å²) in [6.45, 7) is 3.51. The standard InChI is InChI=1S/C8H5FN/c1-6-2-3-7(5-10)8(9)4-6/h2-4H,1H2. The maximum atomic E-state index is 12.6. The van der Waals surface area contributed by atoms with Gasteiger partial charge in [-0.1, -0.05) is 6.07 Å². The Balaban J connectivity index is 3.23. The Morgan fingerprint density at radius 3 is 2.70 bits per heavy atom. The molecule has 0 fully saturated rings. The molecule has 49 valence electrons. The van der Waals surface area contributed by atoms with E-state index in [2.05, 4.69) is 6.92 Å². The fourth-order valence-electron chi connectivity index (χ4n) is 0.649. The minimum atomic E-state index is -0.505. The summed E-state index contributed by atoms with van der Waals surface area (Å²) >= 11 is 0. The van der Waals surface area contributed by atoms with E-state index >= 15 is 0 Å². The van der Waals surface area contributed by atoms with Gasteiger partial charge in [-0.25, -0.2) is 4.39 Å². The highest BCUT2D eigenvalue weighted by Crippen LogP contribution is 2.07. The van der Waals surface area contributed by atoms with Crippen LogP contribution in [0.15, 0.2) is 18.2 Å². The zero-order valence-electron chi connectivity index (χ0n) is 5.26. The van der Waals surface area contributed by atoms with Crippen molar-refractivity contribution in [3.8, 4) is 6.07 Å². The average Bonchev–Trinajstić information content (AvgIpc) is 1.88. The Morgan fingerprint density at radius 1 is 1.50 bits per heavy atom. The molecule has 0 atom stereocenters. The van der Waals surface area contributed by atoms with Gasteiger partial charge in [0.1, 0.15) is 11.9 Å². The lowest BCUT2D eigenvalue weighted by Gasteiger charge is -1.92. The largest absolute Gasteiger partial charge is 0.206 e. The fraction of sp³-hybridized carbons (Fsp3) is 0. The van der Waals surface area contributed by atoms with Crippen LogP contribution in [0, 0.1) is 24.1 Å². The van der Waals surface area contributed by atoms with Crippen molar-refractivity contribution in [2.45, 2.75) is 0 Å². The van der Waals surface area contributed by atoms with Crippen LogP contribution in [0.2, 0.25) is 0 Å². The van der Waals surface area contributed by atoms with Crippen molar-refractivity contribution in [1.29, 1.82) is 5.26 Å². The number of nitrogens with zero attached hydrogens (tertiary/aromatic N) is 1. The Hall–Kier alpha value is -1.36. The lowest BCUT2D eigenvalue weighted by atomic mass is 10.1. The van der Waals surface area contributed by atoms with E-state index in [1.807, 2.05) is 0 Å². The van der Waals surface area contributed by atoms with Crippen molar-refractivity contribution in [3.63, 3.8) is 0 Å². The molecule has 0 amide bonds. The molecule has 0 aliphatic rings. The molecule has 0 aromatic heterocycles. The van der Waals surface area contributed by atoms with E-state index in [1.165, 1.54) is 12.1 Å². The molecular weight excluding hydrogens is 129 g/mol. The van der Waals surface area contributed by atoms with E-state index in [1.54, 1.807) is 12.1 Å². The molecule has 1 radical (unpaired) electrons. The molecule has 1 aromatic carbocycles. The highest BCUT2D eigenvalue weighted by Gasteiger charge is 1.98. The maximum absolute atomic E-state index is 12.6. The molecule has 0 spiro atoms. The van der Waals surface area contributed by atoms with Crippen LogP contribution in [0.3, 0.4) is 0 Å². The first-order valence-electron chi connectivity index (χ1n) is 2.75. The zero-order chi connectivity index (χ0) is 7.56. The topological polar surface area (TPSA) is 23.8 Å². The van der Waals surface area contributed by atoms with Gasteiger partial charge in [0.25, 0.3) is 0 Å². The van der Waals surface area contributed by atoms with Crippen molar-refractivity contribution in [2.24, 2.45) is 0 Å². The molecule has 10 heavy (non-hydrogen) atoms. The van der Waals surface area contributed by atoms with Gasteiger partial charge in [-0.2, -0.15) is 5.26 Å². The lowest BCUT2D eigenvalue weighted by molar-refractivity contribution is 0.623. The third kappa shape index (κ3) is 1.14. The van der Waals surface area contributed by atoms with Crippen LogP contribution in [0.25, 0.3) is 0 Å². The molecule has 0 N–H and O–H groups in total. The molecule has 1 nitrogen and oxygen atoms in total. The van der Waals surface area contributed by atoms with Crippen LogP contribution in [-0.4, -0.2) is 0 Å². The predicted octanol–water partition coefficient (Wildman–Crippen LogP) is 1.88. The smallest absolute Gasteiger partial charge is 0.141 e. The molecular formula is C8H5FN. The maximum Gasteiger partial charge on any atom is 0.141 e. The van der Waals surface area contributed by atoms with E-state index in [4.69, 9.17) is 5.26 Å². The quantitative estimate of drug-likeness (QED) is 0.531. The van der Waals surface area contributed by atoms with Crippen LogP contribution in [-0.2, 0) is 0 Å². The fourth-order valence-corrected chi connectivity index (χ4v) is 0.649. The molecule has 0 heterocycles. The minimum absolute atomic E-state index is 0.0624. The second-order valence-electron chi connectivity index (χ2n) is 1.93. The number of benzene rings is 1. The van der Waals surface area contributed by atoms with Crippen molar-refractivity contribution in [1.82, 2.24) is 0 Å². The molecule has 0 aliphatic heterocycles. The third-order valence-electron chi connectivity index (χ3n) is 1.15. The molecule has 0 aliphatic carbocycles. The zero-order valence-corrected chi connectivity index (χ0v) is 5.26. The minimum Gasteiger partial charge on any atom is -0.206 e. The van der Waals surface area contributed by atoms with Gasteiger partial charge in [-0.15, -0.1) is 0 Å². The van der Waals surface area contributed by atoms with Gasteiger partial charge >= 0.3 is 0 Å². The van der Waals surface area contributed by atoms with E-state index in [9.17, 15) is 4.39 Å². The van der Waals surface area contributed by atoms with Crippen molar-refractivity contribution < 1.29 is 4.39 Å². The van der Waals surface area contributed by atoms with Crippen LogP contribution in [0.1, 0.15) is 11.1 Å². The Morgan fingerprint density at radius 2 is 2.20 bits per heavy atom. The molecule has 0 saturated heterocycles. The molecule has 2 heteroatoms. The summed E-state index contributed by atoms with van der Waals surface area (Å²) in [4.78, 5) is 0. The van der Waals surface area contributed by atoms with Gasteiger partial charge in [0.15, 0.2) is 0 Å². The number of hydrogen-bond donors (Lipinski definition) is 0. The van der Waals surface area contributed by atoms with Crippen molar-refractivity contribution >= 4 is 0 Å². The van der Waals surface area contributed by atoms with Crippen molar-refractivity contribution in [3.05, 3.63) is 42.1 Å². The predicted molar refractivity (Wildman–Crippen MR) is 35.6 cm³/mol. The van der Waals surface area contributed by atoms with E-state index in [0.717, 1.165) is 0 Å². The van der Waals surface area contributed by atoms with Crippen LogP contribution in [0.5, 0.6) is 0 Å². The van der Waals surface area contributed by atoms with E-state index in [0.29, 0.717) is 5.56 Å². The summed E-state index contributed by atoms with van der Waals surface area (Å²) in [5.74, 6) is -0.505. The van der Waals surface area contributed by atoms with Gasteiger partial charge in [0.2, 0.25) is 0 Å². The first kappa shape index (κ1) is 6.76. The highest BCUT2D eigenvalue weighted by atomic mass is 19.1. The molecule has 0 unspecified atom stereocenters. The summed E-state index contributed by atoms with van der Waals surface area (Å²) in [6, 6.07) is 5.97. The Kier molecular flexibility index (Phi) is 1.68. The Bertz CT molecular complexity index is 286. The van der Waals surface area contributed by atoms with Crippen molar-refractivity contribution in [2.75, 3.05) is 0 Å². The lowest BCUT2D eigenvalue weighted by Crippen LogP contribution is -1.82. The summed E-state index contributed by atoms with van der Waals surface area (Å²) in [6.07, 6.45) is 0. The number of nitriles is 1.